The van der Waals surface area contributed by atoms with Gasteiger partial charge in [0, 0.05) is 5.69 Å². The molecule has 180 valence electrons. The van der Waals surface area contributed by atoms with Gasteiger partial charge in [0.2, 0.25) is 5.91 Å². The number of carbonyl (C=O) groups excluding carboxylic acids is 1. The molecule has 0 aliphatic heterocycles. The molecule has 1 heterocycles. The van der Waals surface area contributed by atoms with Gasteiger partial charge in [0.05, 0.1) is 11.8 Å². The smallest absolute Gasteiger partial charge is 0.237 e. The van der Waals surface area contributed by atoms with Gasteiger partial charge in [-0.2, -0.15) is 0 Å². The van der Waals surface area contributed by atoms with Crippen molar-refractivity contribution in [2.45, 2.75) is 51.3 Å². The van der Waals surface area contributed by atoms with E-state index in [2.05, 4.69) is 27.6 Å². The van der Waals surface area contributed by atoms with Crippen molar-refractivity contribution in [1.82, 2.24) is 14.8 Å². The highest BCUT2D eigenvalue weighted by atomic mass is 32.2. The van der Waals surface area contributed by atoms with Crippen LogP contribution in [-0.2, 0) is 17.9 Å². The van der Waals surface area contributed by atoms with Crippen LogP contribution in [0.15, 0.2) is 78.0 Å². The average molecular weight is 487 g/mol. The first-order valence-electron chi connectivity index (χ1n) is 11.6. The zero-order valence-electron chi connectivity index (χ0n) is 20.5. The van der Waals surface area contributed by atoms with Gasteiger partial charge in [-0.1, -0.05) is 78.0 Å². The van der Waals surface area contributed by atoms with Crippen LogP contribution in [0, 0.1) is 20.8 Å². The predicted octanol–water partition coefficient (Wildman–Crippen LogP) is 5.95. The molecule has 4 aromatic rings. The van der Waals surface area contributed by atoms with E-state index < -0.39 is 0 Å². The molecule has 3 aromatic carbocycles. The van der Waals surface area contributed by atoms with Gasteiger partial charge in [-0.05, 0) is 56.5 Å². The third-order valence-corrected chi connectivity index (χ3v) is 6.83. The molecule has 0 aliphatic rings. The third-order valence-electron chi connectivity index (χ3n) is 5.75. The lowest BCUT2D eigenvalue weighted by Gasteiger charge is -2.16. The highest BCUT2D eigenvalue weighted by molar-refractivity contribution is 8.00. The third kappa shape index (κ3) is 6.31. The number of aromatic nitrogens is 3. The molecule has 0 bridgehead atoms. The number of carbonyl (C=O) groups is 1. The molecule has 7 heteroatoms. The van der Waals surface area contributed by atoms with Crippen molar-refractivity contribution >= 4 is 23.4 Å². The first-order valence-corrected chi connectivity index (χ1v) is 12.5. The maximum atomic E-state index is 13.0. The molecule has 0 saturated heterocycles. The van der Waals surface area contributed by atoms with E-state index in [9.17, 15) is 4.79 Å². The van der Waals surface area contributed by atoms with E-state index in [-0.39, 0.29) is 17.8 Å². The van der Waals surface area contributed by atoms with E-state index in [1.54, 1.807) is 0 Å². The van der Waals surface area contributed by atoms with Gasteiger partial charge in [0.15, 0.2) is 11.0 Å². The normalized spacial score (nSPS) is 11.8. The Labute approximate surface area is 210 Å². The van der Waals surface area contributed by atoms with Gasteiger partial charge >= 0.3 is 0 Å². The molecule has 0 unspecified atom stereocenters. The molecule has 1 amide bonds. The van der Waals surface area contributed by atoms with Gasteiger partial charge in [-0.25, -0.2) is 0 Å². The van der Waals surface area contributed by atoms with Gasteiger partial charge < -0.3 is 10.1 Å². The van der Waals surface area contributed by atoms with E-state index in [1.165, 1.54) is 17.3 Å². The fourth-order valence-corrected chi connectivity index (χ4v) is 4.54. The zero-order chi connectivity index (χ0) is 24.8. The molecule has 1 aromatic heterocycles. The number of rotatable bonds is 9. The predicted molar refractivity (Wildman–Crippen MR) is 141 cm³/mol. The van der Waals surface area contributed by atoms with Crippen molar-refractivity contribution in [3.8, 4) is 5.75 Å². The van der Waals surface area contributed by atoms with Crippen LogP contribution < -0.4 is 10.1 Å². The van der Waals surface area contributed by atoms with Crippen LogP contribution in [0.3, 0.4) is 0 Å². The van der Waals surface area contributed by atoms with Crippen LogP contribution in [0.1, 0.15) is 35.0 Å². The van der Waals surface area contributed by atoms with Crippen LogP contribution in [0.25, 0.3) is 0 Å². The summed E-state index contributed by atoms with van der Waals surface area (Å²) in [5.41, 5.74) is 5.24. The summed E-state index contributed by atoms with van der Waals surface area (Å²) >= 11 is 1.39. The second-order valence-corrected chi connectivity index (χ2v) is 9.90. The minimum Gasteiger partial charge on any atom is -0.486 e. The standard InChI is InChI=1S/C28H30N4O2S/c1-19-13-15-24(16-14-19)34-18-25-30-31-28(32(25)17-23-11-6-5-7-12-23)35-22(4)27(33)29-26-20(2)9-8-10-21(26)3/h5-16,22H,17-18H2,1-4H3,(H,29,33)/t22-/m0/s1. The van der Waals surface area contributed by atoms with Crippen molar-refractivity contribution in [3.63, 3.8) is 0 Å². The summed E-state index contributed by atoms with van der Waals surface area (Å²) in [7, 11) is 0. The molecule has 4 rings (SSSR count). The van der Waals surface area contributed by atoms with Gasteiger partial charge in [-0.15, -0.1) is 10.2 Å². The lowest BCUT2D eigenvalue weighted by Crippen LogP contribution is -2.24. The molecular weight excluding hydrogens is 456 g/mol. The van der Waals surface area contributed by atoms with Crippen molar-refractivity contribution < 1.29 is 9.53 Å². The van der Waals surface area contributed by atoms with Crippen LogP contribution in [0.5, 0.6) is 5.75 Å². The molecule has 0 saturated carbocycles. The minimum absolute atomic E-state index is 0.0703. The number of para-hydroxylation sites is 1. The SMILES string of the molecule is Cc1ccc(OCc2nnc(S[C@@H](C)C(=O)Nc3c(C)cccc3C)n2Cc2ccccc2)cc1. The quantitative estimate of drug-likeness (QED) is 0.296. The number of nitrogens with zero attached hydrogens (tertiary/aromatic N) is 3. The summed E-state index contributed by atoms with van der Waals surface area (Å²) in [5.74, 6) is 1.42. The number of aryl methyl sites for hydroxylation is 3. The summed E-state index contributed by atoms with van der Waals surface area (Å²) < 4.78 is 8.01. The molecule has 0 radical (unpaired) electrons. The van der Waals surface area contributed by atoms with E-state index in [1.807, 2.05) is 92.9 Å². The number of benzene rings is 3. The topological polar surface area (TPSA) is 69.0 Å². The fraction of sp³-hybridized carbons (Fsp3) is 0.250. The van der Waals surface area contributed by atoms with Crippen LogP contribution in [-0.4, -0.2) is 25.9 Å². The zero-order valence-corrected chi connectivity index (χ0v) is 21.3. The summed E-state index contributed by atoms with van der Waals surface area (Å²) in [4.78, 5) is 13.0. The van der Waals surface area contributed by atoms with Gasteiger partial charge in [0.25, 0.3) is 0 Å². The molecule has 35 heavy (non-hydrogen) atoms. The van der Waals surface area contributed by atoms with E-state index in [0.29, 0.717) is 17.5 Å². The Morgan fingerprint density at radius 2 is 1.63 bits per heavy atom. The largest absolute Gasteiger partial charge is 0.486 e. The number of hydrogen-bond acceptors (Lipinski definition) is 5. The highest BCUT2D eigenvalue weighted by Gasteiger charge is 2.21. The van der Waals surface area contributed by atoms with E-state index in [0.717, 1.165) is 28.1 Å². The molecule has 1 atom stereocenters. The van der Waals surface area contributed by atoms with E-state index in [4.69, 9.17) is 4.74 Å². The van der Waals surface area contributed by atoms with Crippen LogP contribution in [0.2, 0.25) is 0 Å². The van der Waals surface area contributed by atoms with Crippen LogP contribution in [0.4, 0.5) is 5.69 Å². The summed E-state index contributed by atoms with van der Waals surface area (Å²) in [6, 6.07) is 24.1. The first-order chi connectivity index (χ1) is 16.9. The highest BCUT2D eigenvalue weighted by Crippen LogP contribution is 2.27. The molecule has 6 nitrogen and oxygen atoms in total. The molecule has 0 spiro atoms. The lowest BCUT2D eigenvalue weighted by molar-refractivity contribution is -0.115. The first kappa shape index (κ1) is 24.5. The van der Waals surface area contributed by atoms with Crippen molar-refractivity contribution in [2.75, 3.05) is 5.32 Å². The summed E-state index contributed by atoms with van der Waals surface area (Å²) in [6.45, 7) is 8.80. The van der Waals surface area contributed by atoms with Crippen LogP contribution >= 0.6 is 11.8 Å². The van der Waals surface area contributed by atoms with Crippen molar-refractivity contribution in [2.24, 2.45) is 0 Å². The Hall–Kier alpha value is -3.58. The Morgan fingerprint density at radius 3 is 2.31 bits per heavy atom. The summed E-state index contributed by atoms with van der Waals surface area (Å²) in [6.07, 6.45) is 0. The Kier molecular flexibility index (Phi) is 7.87. The average Bonchev–Trinajstić information content (AvgIpc) is 3.22. The molecule has 1 N–H and O–H groups in total. The van der Waals surface area contributed by atoms with Crippen molar-refractivity contribution in [1.29, 1.82) is 0 Å². The van der Waals surface area contributed by atoms with E-state index >= 15 is 0 Å². The van der Waals surface area contributed by atoms with Crippen molar-refractivity contribution in [3.05, 3.63) is 101 Å². The Morgan fingerprint density at radius 1 is 0.943 bits per heavy atom. The monoisotopic (exact) mass is 486 g/mol. The number of thioether (sulfide) groups is 1. The number of amides is 1. The minimum atomic E-state index is -0.362. The molecular formula is C28H30N4O2S. The maximum Gasteiger partial charge on any atom is 0.237 e. The van der Waals surface area contributed by atoms with Gasteiger partial charge in [0.1, 0.15) is 12.4 Å². The number of hydrogen-bond donors (Lipinski definition) is 1. The lowest BCUT2D eigenvalue weighted by atomic mass is 10.1. The Balaban J connectivity index is 1.52. The Bertz CT molecular complexity index is 1270. The molecule has 0 fully saturated rings. The summed E-state index contributed by atoms with van der Waals surface area (Å²) in [5, 5.41) is 12.2. The fourth-order valence-electron chi connectivity index (χ4n) is 3.67. The number of nitrogens with one attached hydrogen (secondary N) is 1. The number of anilines is 1. The second kappa shape index (κ2) is 11.2. The number of ether oxygens (including phenoxy) is 1. The maximum absolute atomic E-state index is 13.0. The molecule has 0 aliphatic carbocycles. The van der Waals surface area contributed by atoms with Gasteiger partial charge in [-0.3, -0.25) is 9.36 Å². The second-order valence-electron chi connectivity index (χ2n) is 8.59.